The number of guanidine groups is 1. The van der Waals surface area contributed by atoms with E-state index in [2.05, 4.69) is 27.4 Å². The first kappa shape index (κ1) is 21.0. The highest BCUT2D eigenvalue weighted by molar-refractivity contribution is 6.30. The summed E-state index contributed by atoms with van der Waals surface area (Å²) < 4.78 is 10.9. The molecule has 0 saturated carbocycles. The molecule has 1 unspecified atom stereocenters. The average molecular weight is 410 g/mol. The smallest absolute Gasteiger partial charge is 0.191 e. The maximum atomic E-state index is 6.20. The lowest BCUT2D eigenvalue weighted by molar-refractivity contribution is 0.0394. The summed E-state index contributed by atoms with van der Waals surface area (Å²) in [6, 6.07) is 6.10. The predicted octanol–water partition coefficient (Wildman–Crippen LogP) is 1.81. The summed E-state index contributed by atoms with van der Waals surface area (Å²) >= 11 is 6.20. The Bertz CT molecular complexity index is 651. The molecule has 2 aliphatic rings. The summed E-state index contributed by atoms with van der Waals surface area (Å²) in [6.07, 6.45) is 1.05. The normalized spacial score (nSPS) is 21.0. The van der Waals surface area contributed by atoms with Gasteiger partial charge in [0.15, 0.2) is 5.96 Å². The molecule has 28 heavy (non-hydrogen) atoms. The van der Waals surface area contributed by atoms with Gasteiger partial charge < -0.3 is 25.0 Å². The summed E-state index contributed by atoms with van der Waals surface area (Å²) in [5.74, 6) is 1.75. The number of hydrogen-bond acceptors (Lipinski definition) is 5. The highest BCUT2D eigenvalue weighted by Crippen LogP contribution is 2.33. The Kier molecular flexibility index (Phi) is 8.06. The van der Waals surface area contributed by atoms with Gasteiger partial charge in [-0.1, -0.05) is 11.6 Å². The van der Waals surface area contributed by atoms with Gasteiger partial charge in [0.25, 0.3) is 0 Å². The zero-order valence-corrected chi connectivity index (χ0v) is 17.7. The van der Waals surface area contributed by atoms with E-state index >= 15 is 0 Å². The molecule has 2 saturated heterocycles. The van der Waals surface area contributed by atoms with E-state index in [-0.39, 0.29) is 0 Å². The van der Waals surface area contributed by atoms with Crippen LogP contribution >= 0.6 is 11.6 Å². The van der Waals surface area contributed by atoms with Crippen LogP contribution < -0.4 is 20.3 Å². The van der Waals surface area contributed by atoms with Crippen molar-refractivity contribution in [1.29, 1.82) is 0 Å². The molecule has 0 spiro atoms. The molecule has 0 bridgehead atoms. The van der Waals surface area contributed by atoms with Crippen LogP contribution in [-0.4, -0.2) is 83.0 Å². The number of nitrogens with one attached hydrogen (secondary N) is 2. The third-order valence-electron chi connectivity index (χ3n) is 5.14. The van der Waals surface area contributed by atoms with Gasteiger partial charge in [-0.25, -0.2) is 0 Å². The van der Waals surface area contributed by atoms with Gasteiger partial charge in [-0.3, -0.25) is 9.89 Å². The molecule has 0 radical (unpaired) electrons. The van der Waals surface area contributed by atoms with Crippen molar-refractivity contribution in [2.45, 2.75) is 19.4 Å². The topological polar surface area (TPSA) is 61.4 Å². The molecule has 1 atom stereocenters. The summed E-state index contributed by atoms with van der Waals surface area (Å²) in [6.45, 7) is 10.2. The maximum absolute atomic E-state index is 6.20. The summed E-state index contributed by atoms with van der Waals surface area (Å²) in [5.41, 5.74) is 1.05. The molecule has 2 aliphatic heterocycles. The third-order valence-corrected chi connectivity index (χ3v) is 5.38. The zero-order valence-electron chi connectivity index (χ0n) is 16.9. The minimum absolute atomic E-state index is 0.338. The van der Waals surface area contributed by atoms with E-state index in [0.29, 0.717) is 6.04 Å². The molecule has 7 nitrogen and oxygen atoms in total. The van der Waals surface area contributed by atoms with E-state index in [1.807, 2.05) is 18.2 Å². The average Bonchev–Trinajstić information content (AvgIpc) is 3.17. The van der Waals surface area contributed by atoms with E-state index in [0.717, 1.165) is 87.9 Å². The second-order valence-corrected chi connectivity index (χ2v) is 7.54. The molecule has 2 heterocycles. The van der Waals surface area contributed by atoms with Gasteiger partial charge in [0, 0.05) is 50.3 Å². The molecule has 0 aromatic heterocycles. The number of ether oxygens (including phenoxy) is 2. The van der Waals surface area contributed by atoms with Gasteiger partial charge in [0.2, 0.25) is 0 Å². The van der Waals surface area contributed by atoms with Gasteiger partial charge in [-0.05, 0) is 31.5 Å². The molecule has 0 aliphatic carbocycles. The summed E-state index contributed by atoms with van der Waals surface area (Å²) in [7, 11) is 1.70. The number of aliphatic imine (C=N–C) groups is 1. The summed E-state index contributed by atoms with van der Waals surface area (Å²) in [4.78, 5) is 9.49. The lowest BCUT2D eigenvalue weighted by Crippen LogP contribution is -2.45. The van der Waals surface area contributed by atoms with E-state index < -0.39 is 0 Å². The highest BCUT2D eigenvalue weighted by Gasteiger charge is 2.25. The number of nitrogens with zero attached hydrogens (tertiary/aromatic N) is 3. The van der Waals surface area contributed by atoms with Crippen molar-refractivity contribution >= 4 is 23.2 Å². The number of hydrogen-bond donors (Lipinski definition) is 2. The number of rotatable bonds is 7. The molecule has 0 amide bonds. The van der Waals surface area contributed by atoms with Crippen molar-refractivity contribution in [2.75, 3.05) is 71.0 Å². The molecule has 156 valence electrons. The maximum Gasteiger partial charge on any atom is 0.191 e. The fourth-order valence-electron chi connectivity index (χ4n) is 3.65. The van der Waals surface area contributed by atoms with Gasteiger partial charge in [0.1, 0.15) is 5.75 Å². The van der Waals surface area contributed by atoms with E-state index in [4.69, 9.17) is 26.1 Å². The molecular weight excluding hydrogens is 378 g/mol. The number of methoxy groups -OCH3 is 1. The van der Waals surface area contributed by atoms with Crippen molar-refractivity contribution in [3.05, 3.63) is 23.2 Å². The van der Waals surface area contributed by atoms with Gasteiger partial charge in [-0.2, -0.15) is 0 Å². The largest absolute Gasteiger partial charge is 0.495 e. The zero-order chi connectivity index (χ0) is 19.8. The van der Waals surface area contributed by atoms with Crippen LogP contribution in [0.3, 0.4) is 0 Å². The lowest BCUT2D eigenvalue weighted by atomic mass is 10.2. The molecule has 8 heteroatoms. The fourth-order valence-corrected chi connectivity index (χ4v) is 3.81. The Balaban J connectivity index is 1.54. The minimum Gasteiger partial charge on any atom is -0.495 e. The predicted molar refractivity (Wildman–Crippen MR) is 115 cm³/mol. The SMILES string of the molecule is CCNC(=NCCN1CCOCC1)NC1CCN(c2cc(Cl)ccc2OC)C1. The third kappa shape index (κ3) is 5.90. The number of anilines is 1. The van der Waals surface area contributed by atoms with Gasteiger partial charge in [0.05, 0.1) is 32.6 Å². The monoisotopic (exact) mass is 409 g/mol. The molecule has 1 aromatic rings. The molecule has 2 fully saturated rings. The fraction of sp³-hybridized carbons (Fsp3) is 0.650. The van der Waals surface area contributed by atoms with Crippen molar-refractivity contribution < 1.29 is 9.47 Å². The van der Waals surface area contributed by atoms with Crippen LogP contribution in [0.1, 0.15) is 13.3 Å². The first-order valence-corrected chi connectivity index (χ1v) is 10.5. The molecule has 2 N–H and O–H groups in total. The second-order valence-electron chi connectivity index (χ2n) is 7.11. The molecule has 1 aromatic carbocycles. The lowest BCUT2D eigenvalue weighted by Gasteiger charge is -2.26. The van der Waals surface area contributed by atoms with E-state index in [9.17, 15) is 0 Å². The summed E-state index contributed by atoms with van der Waals surface area (Å²) in [5, 5.41) is 7.68. The highest BCUT2D eigenvalue weighted by atomic mass is 35.5. The van der Waals surface area contributed by atoms with Gasteiger partial charge >= 0.3 is 0 Å². The van der Waals surface area contributed by atoms with Crippen LogP contribution in [0.4, 0.5) is 5.69 Å². The van der Waals surface area contributed by atoms with Crippen LogP contribution in [0.2, 0.25) is 5.02 Å². The quantitative estimate of drug-likeness (QED) is 0.529. The Hall–Kier alpha value is -1.70. The van der Waals surface area contributed by atoms with Crippen molar-refractivity contribution in [3.8, 4) is 5.75 Å². The van der Waals surface area contributed by atoms with Crippen LogP contribution in [0.15, 0.2) is 23.2 Å². The van der Waals surface area contributed by atoms with Crippen LogP contribution in [0, 0.1) is 0 Å². The Morgan fingerprint density at radius 3 is 2.89 bits per heavy atom. The van der Waals surface area contributed by atoms with E-state index in [1.165, 1.54) is 0 Å². The first-order valence-electron chi connectivity index (χ1n) is 10.1. The Morgan fingerprint density at radius 1 is 1.32 bits per heavy atom. The van der Waals surface area contributed by atoms with Crippen LogP contribution in [0.5, 0.6) is 5.75 Å². The Morgan fingerprint density at radius 2 is 2.14 bits per heavy atom. The standard InChI is InChI=1S/C20H32ClN5O2/c1-3-22-20(23-7-9-25-10-12-28-13-11-25)24-17-6-8-26(15-17)18-14-16(21)4-5-19(18)27-2/h4-5,14,17H,3,6-13,15H2,1-2H3,(H2,22,23,24). The minimum atomic E-state index is 0.338. The number of morpholine rings is 1. The van der Waals surface area contributed by atoms with Crippen LogP contribution in [-0.2, 0) is 4.74 Å². The van der Waals surface area contributed by atoms with Crippen molar-refractivity contribution in [2.24, 2.45) is 4.99 Å². The number of benzene rings is 1. The van der Waals surface area contributed by atoms with E-state index in [1.54, 1.807) is 7.11 Å². The number of halogens is 1. The molecular formula is C20H32ClN5O2. The second kappa shape index (κ2) is 10.7. The van der Waals surface area contributed by atoms with Gasteiger partial charge in [-0.15, -0.1) is 0 Å². The van der Waals surface area contributed by atoms with Crippen LogP contribution in [0.25, 0.3) is 0 Å². The first-order chi connectivity index (χ1) is 13.7. The van der Waals surface area contributed by atoms with Crippen molar-refractivity contribution in [3.63, 3.8) is 0 Å². The molecule has 3 rings (SSSR count). The Labute approximate surface area is 173 Å². The van der Waals surface area contributed by atoms with Crippen molar-refractivity contribution in [1.82, 2.24) is 15.5 Å².